The summed E-state index contributed by atoms with van der Waals surface area (Å²) in [6, 6.07) is 6.20. The Kier molecular flexibility index (Phi) is 3.83. The zero-order chi connectivity index (χ0) is 14.1. The number of hydrogen-bond donors (Lipinski definition) is 1. The molecule has 0 bridgehead atoms. The summed E-state index contributed by atoms with van der Waals surface area (Å²) in [4.78, 5) is 6.90. The van der Waals surface area contributed by atoms with Crippen LogP contribution in [0.1, 0.15) is 26.2 Å². The third-order valence-corrected chi connectivity index (χ3v) is 4.31. The van der Waals surface area contributed by atoms with Crippen LogP contribution in [0.4, 0.5) is 11.4 Å². The Labute approximate surface area is 128 Å². The SMILES string of the molecule is CCCN(CC1CC1)c1c(N)cnc2ccc(Br)cc12. The van der Waals surface area contributed by atoms with Crippen molar-refractivity contribution in [3.05, 3.63) is 28.9 Å². The molecule has 1 aliphatic rings. The molecule has 1 aromatic carbocycles. The van der Waals surface area contributed by atoms with E-state index in [0.29, 0.717) is 0 Å². The van der Waals surface area contributed by atoms with Crippen LogP contribution in [-0.2, 0) is 0 Å². The number of anilines is 2. The van der Waals surface area contributed by atoms with Gasteiger partial charge in [-0.25, -0.2) is 0 Å². The van der Waals surface area contributed by atoms with E-state index in [2.05, 4.69) is 38.8 Å². The molecule has 20 heavy (non-hydrogen) atoms. The van der Waals surface area contributed by atoms with Gasteiger partial charge in [0, 0.05) is 22.9 Å². The predicted octanol–water partition coefficient (Wildman–Crippen LogP) is 4.21. The van der Waals surface area contributed by atoms with Crippen molar-refractivity contribution in [2.24, 2.45) is 5.92 Å². The topological polar surface area (TPSA) is 42.1 Å². The molecule has 0 radical (unpaired) electrons. The van der Waals surface area contributed by atoms with Gasteiger partial charge in [-0.15, -0.1) is 0 Å². The number of fused-ring (bicyclic) bond motifs is 1. The maximum absolute atomic E-state index is 6.24. The molecule has 3 rings (SSSR count). The molecule has 4 heteroatoms. The van der Waals surface area contributed by atoms with Gasteiger partial charge in [0.25, 0.3) is 0 Å². The third-order valence-electron chi connectivity index (χ3n) is 3.82. The average Bonchev–Trinajstić information content (AvgIpc) is 3.22. The Bertz CT molecular complexity index is 617. The Morgan fingerprint density at radius 3 is 2.90 bits per heavy atom. The lowest BCUT2D eigenvalue weighted by Gasteiger charge is -2.27. The Hall–Kier alpha value is -1.29. The second-order valence-electron chi connectivity index (χ2n) is 5.61. The highest BCUT2D eigenvalue weighted by atomic mass is 79.9. The van der Waals surface area contributed by atoms with E-state index < -0.39 is 0 Å². The highest BCUT2D eigenvalue weighted by Crippen LogP contribution is 2.37. The lowest BCUT2D eigenvalue weighted by atomic mass is 10.1. The molecule has 0 saturated heterocycles. The molecule has 1 saturated carbocycles. The predicted molar refractivity (Wildman–Crippen MR) is 89.1 cm³/mol. The summed E-state index contributed by atoms with van der Waals surface area (Å²) in [7, 11) is 0. The maximum Gasteiger partial charge on any atom is 0.0745 e. The third kappa shape index (κ3) is 2.75. The number of nitrogens with zero attached hydrogens (tertiary/aromatic N) is 2. The molecule has 3 nitrogen and oxygen atoms in total. The van der Waals surface area contributed by atoms with Gasteiger partial charge >= 0.3 is 0 Å². The number of aromatic nitrogens is 1. The minimum Gasteiger partial charge on any atom is -0.396 e. The highest BCUT2D eigenvalue weighted by Gasteiger charge is 2.25. The molecular formula is C16H20BrN3. The fourth-order valence-corrected chi connectivity index (χ4v) is 3.06. The highest BCUT2D eigenvalue weighted by molar-refractivity contribution is 9.10. The summed E-state index contributed by atoms with van der Waals surface area (Å²) in [5.41, 5.74) is 9.19. The van der Waals surface area contributed by atoms with Gasteiger partial charge in [-0.1, -0.05) is 22.9 Å². The summed E-state index contributed by atoms with van der Waals surface area (Å²) in [6.07, 6.45) is 5.63. The van der Waals surface area contributed by atoms with Crippen molar-refractivity contribution in [1.82, 2.24) is 4.98 Å². The van der Waals surface area contributed by atoms with E-state index in [1.54, 1.807) is 6.20 Å². The number of rotatable bonds is 5. The fraction of sp³-hybridized carbons (Fsp3) is 0.438. The van der Waals surface area contributed by atoms with Crippen LogP contribution in [-0.4, -0.2) is 18.1 Å². The van der Waals surface area contributed by atoms with E-state index in [0.717, 1.165) is 52.2 Å². The van der Waals surface area contributed by atoms with Gasteiger partial charge in [0.15, 0.2) is 0 Å². The van der Waals surface area contributed by atoms with Gasteiger partial charge in [0.1, 0.15) is 0 Å². The smallest absolute Gasteiger partial charge is 0.0745 e. The monoisotopic (exact) mass is 333 g/mol. The van der Waals surface area contributed by atoms with Gasteiger partial charge in [-0.2, -0.15) is 0 Å². The number of nitrogens with two attached hydrogens (primary N) is 1. The molecule has 2 N–H and O–H groups in total. The van der Waals surface area contributed by atoms with Crippen molar-refractivity contribution in [1.29, 1.82) is 0 Å². The summed E-state index contributed by atoms with van der Waals surface area (Å²) >= 11 is 3.56. The van der Waals surface area contributed by atoms with Crippen molar-refractivity contribution in [3.63, 3.8) is 0 Å². The molecule has 1 heterocycles. The van der Waals surface area contributed by atoms with Crippen LogP contribution in [0.25, 0.3) is 10.9 Å². The van der Waals surface area contributed by atoms with Crippen LogP contribution in [0, 0.1) is 5.92 Å². The van der Waals surface area contributed by atoms with Gasteiger partial charge in [-0.3, -0.25) is 4.98 Å². The van der Waals surface area contributed by atoms with E-state index in [1.807, 2.05) is 12.1 Å². The minimum atomic E-state index is 0.782. The number of halogens is 1. The van der Waals surface area contributed by atoms with E-state index in [9.17, 15) is 0 Å². The normalized spacial score (nSPS) is 14.7. The summed E-state index contributed by atoms with van der Waals surface area (Å²) < 4.78 is 1.07. The molecule has 0 spiro atoms. The van der Waals surface area contributed by atoms with Crippen molar-refractivity contribution in [3.8, 4) is 0 Å². The van der Waals surface area contributed by atoms with Gasteiger partial charge in [-0.05, 0) is 43.4 Å². The first-order valence-electron chi connectivity index (χ1n) is 7.27. The number of benzene rings is 1. The summed E-state index contributed by atoms with van der Waals surface area (Å²) in [6.45, 7) is 4.38. The molecule has 0 amide bonds. The Morgan fingerprint density at radius 2 is 2.20 bits per heavy atom. The summed E-state index contributed by atoms with van der Waals surface area (Å²) in [5, 5.41) is 1.15. The van der Waals surface area contributed by atoms with Crippen LogP contribution < -0.4 is 10.6 Å². The number of hydrogen-bond acceptors (Lipinski definition) is 3. The summed E-state index contributed by atoms with van der Waals surface area (Å²) in [5.74, 6) is 0.844. The van der Waals surface area contributed by atoms with Gasteiger partial charge < -0.3 is 10.6 Å². The second kappa shape index (κ2) is 5.60. The lowest BCUT2D eigenvalue weighted by Crippen LogP contribution is -2.27. The van der Waals surface area contributed by atoms with Crippen LogP contribution in [0.2, 0.25) is 0 Å². The zero-order valence-electron chi connectivity index (χ0n) is 11.8. The van der Waals surface area contributed by atoms with Crippen molar-refractivity contribution < 1.29 is 0 Å². The molecule has 2 aromatic rings. The molecule has 1 aliphatic carbocycles. The van der Waals surface area contributed by atoms with Crippen molar-refractivity contribution >= 4 is 38.2 Å². The first kappa shape index (κ1) is 13.7. The standard InChI is InChI=1S/C16H20BrN3/c1-2-7-20(10-11-3-4-11)16-13-8-12(17)5-6-15(13)19-9-14(16)18/h5-6,8-9,11H,2-4,7,10,18H2,1H3. The molecule has 0 unspecified atom stereocenters. The molecule has 106 valence electrons. The number of pyridine rings is 1. The largest absolute Gasteiger partial charge is 0.396 e. The molecule has 0 aliphatic heterocycles. The lowest BCUT2D eigenvalue weighted by molar-refractivity contribution is 0.711. The van der Waals surface area contributed by atoms with E-state index in [-0.39, 0.29) is 0 Å². The fourth-order valence-electron chi connectivity index (χ4n) is 2.70. The van der Waals surface area contributed by atoms with Crippen LogP contribution in [0.3, 0.4) is 0 Å². The minimum absolute atomic E-state index is 0.782. The Balaban J connectivity index is 2.10. The molecule has 1 fully saturated rings. The van der Waals surface area contributed by atoms with Crippen molar-refractivity contribution in [2.45, 2.75) is 26.2 Å². The van der Waals surface area contributed by atoms with E-state index in [1.165, 1.54) is 12.8 Å². The molecule has 0 atom stereocenters. The maximum atomic E-state index is 6.24. The first-order valence-corrected chi connectivity index (χ1v) is 8.07. The van der Waals surface area contributed by atoms with Crippen LogP contribution >= 0.6 is 15.9 Å². The average molecular weight is 334 g/mol. The molecular weight excluding hydrogens is 314 g/mol. The second-order valence-corrected chi connectivity index (χ2v) is 6.53. The Morgan fingerprint density at radius 1 is 1.40 bits per heavy atom. The van der Waals surface area contributed by atoms with Crippen LogP contribution in [0.15, 0.2) is 28.9 Å². The zero-order valence-corrected chi connectivity index (χ0v) is 13.4. The van der Waals surface area contributed by atoms with Gasteiger partial charge in [0.05, 0.1) is 23.1 Å². The number of nitrogen functional groups attached to an aromatic ring is 1. The quantitative estimate of drug-likeness (QED) is 0.891. The van der Waals surface area contributed by atoms with E-state index in [4.69, 9.17) is 5.73 Å². The molecule has 1 aromatic heterocycles. The van der Waals surface area contributed by atoms with Crippen molar-refractivity contribution in [2.75, 3.05) is 23.7 Å². The van der Waals surface area contributed by atoms with Crippen LogP contribution in [0.5, 0.6) is 0 Å². The van der Waals surface area contributed by atoms with Gasteiger partial charge in [0.2, 0.25) is 0 Å². The van der Waals surface area contributed by atoms with E-state index >= 15 is 0 Å². The first-order chi connectivity index (χ1) is 9.69.